The smallest absolute Gasteiger partial charge is 0.233 e. The van der Waals surface area contributed by atoms with Crippen LogP contribution in [0.2, 0.25) is 0 Å². The predicted octanol–water partition coefficient (Wildman–Crippen LogP) is 5.10. The van der Waals surface area contributed by atoms with Gasteiger partial charge in [-0.25, -0.2) is 4.98 Å². The Morgan fingerprint density at radius 2 is 1.78 bits per heavy atom. The molecule has 7 heteroatoms. The van der Waals surface area contributed by atoms with Gasteiger partial charge < -0.3 is 9.47 Å². The summed E-state index contributed by atoms with van der Waals surface area (Å²) in [5.74, 6) is 1.48. The number of rotatable bonds is 7. The van der Waals surface area contributed by atoms with Crippen LogP contribution in [0.1, 0.15) is 22.3 Å². The van der Waals surface area contributed by atoms with E-state index in [0.717, 1.165) is 38.2 Å². The number of thiazole rings is 1. The molecule has 0 atom stereocenters. The number of aromatic nitrogens is 2. The van der Waals surface area contributed by atoms with E-state index in [1.165, 1.54) is 11.3 Å². The van der Waals surface area contributed by atoms with Gasteiger partial charge in [0.25, 0.3) is 0 Å². The highest BCUT2D eigenvalue weighted by atomic mass is 32.1. The van der Waals surface area contributed by atoms with Crippen molar-refractivity contribution in [3.63, 3.8) is 0 Å². The van der Waals surface area contributed by atoms with E-state index in [2.05, 4.69) is 4.98 Å². The van der Waals surface area contributed by atoms with Gasteiger partial charge in [0.05, 0.1) is 31.9 Å². The van der Waals surface area contributed by atoms with Gasteiger partial charge in [-0.15, -0.1) is 0 Å². The molecule has 164 valence electrons. The second kappa shape index (κ2) is 9.36. The van der Waals surface area contributed by atoms with Crippen LogP contribution in [0.5, 0.6) is 11.5 Å². The first-order chi connectivity index (χ1) is 15.5. The van der Waals surface area contributed by atoms with Gasteiger partial charge in [0.15, 0.2) is 5.13 Å². The van der Waals surface area contributed by atoms with Crippen LogP contribution < -0.4 is 14.4 Å². The van der Waals surface area contributed by atoms with Crippen molar-refractivity contribution in [3.8, 4) is 11.5 Å². The van der Waals surface area contributed by atoms with Crippen LogP contribution in [0.4, 0.5) is 5.13 Å². The predicted molar refractivity (Wildman–Crippen MR) is 128 cm³/mol. The Morgan fingerprint density at radius 1 is 1.00 bits per heavy atom. The lowest BCUT2D eigenvalue weighted by atomic mass is 10.1. The van der Waals surface area contributed by atoms with E-state index in [-0.39, 0.29) is 12.3 Å². The lowest BCUT2D eigenvalue weighted by Crippen LogP contribution is -2.31. The van der Waals surface area contributed by atoms with Gasteiger partial charge in [-0.05, 0) is 54.3 Å². The highest BCUT2D eigenvalue weighted by molar-refractivity contribution is 7.22. The number of hydrogen-bond donors (Lipinski definition) is 0. The number of amides is 1. The van der Waals surface area contributed by atoms with Crippen molar-refractivity contribution in [3.05, 3.63) is 77.1 Å². The van der Waals surface area contributed by atoms with Crippen molar-refractivity contribution in [1.82, 2.24) is 9.97 Å². The van der Waals surface area contributed by atoms with E-state index in [0.29, 0.717) is 17.4 Å². The Labute approximate surface area is 191 Å². The van der Waals surface area contributed by atoms with Gasteiger partial charge in [-0.2, -0.15) is 0 Å². The van der Waals surface area contributed by atoms with Crippen molar-refractivity contribution >= 4 is 32.6 Å². The first kappa shape index (κ1) is 21.8. The SMILES string of the molecule is COc1ccc(CC(=O)N(Cc2cccnc2)c2nc3c(OC)ccc(C)c3s2)cc1C. The van der Waals surface area contributed by atoms with E-state index in [9.17, 15) is 4.79 Å². The lowest BCUT2D eigenvalue weighted by Gasteiger charge is -2.20. The molecule has 2 aromatic heterocycles. The monoisotopic (exact) mass is 447 g/mol. The Balaban J connectivity index is 1.72. The molecule has 0 fully saturated rings. The fraction of sp³-hybridized carbons (Fsp3) is 0.240. The van der Waals surface area contributed by atoms with Crippen molar-refractivity contribution in [1.29, 1.82) is 0 Å². The zero-order valence-electron chi connectivity index (χ0n) is 18.6. The molecule has 4 aromatic rings. The summed E-state index contributed by atoms with van der Waals surface area (Å²) in [6, 6.07) is 13.6. The topological polar surface area (TPSA) is 64.5 Å². The standard InChI is InChI=1S/C25H25N3O3S/c1-16-7-9-21(31-4)23-24(16)32-25(27-23)28(15-19-6-5-11-26-14-19)22(29)13-18-8-10-20(30-3)17(2)12-18/h5-12,14H,13,15H2,1-4H3. The molecule has 32 heavy (non-hydrogen) atoms. The van der Waals surface area contributed by atoms with Gasteiger partial charge in [0.2, 0.25) is 5.91 Å². The van der Waals surface area contributed by atoms with Crippen LogP contribution in [-0.2, 0) is 17.8 Å². The molecular weight excluding hydrogens is 422 g/mol. The van der Waals surface area contributed by atoms with Crippen molar-refractivity contribution < 1.29 is 14.3 Å². The van der Waals surface area contributed by atoms with Crippen LogP contribution >= 0.6 is 11.3 Å². The maximum Gasteiger partial charge on any atom is 0.233 e. The zero-order chi connectivity index (χ0) is 22.7. The number of pyridine rings is 1. The number of aryl methyl sites for hydroxylation is 2. The molecule has 0 saturated heterocycles. The van der Waals surface area contributed by atoms with Crippen LogP contribution in [0, 0.1) is 13.8 Å². The largest absolute Gasteiger partial charge is 0.496 e. The fourth-order valence-corrected chi connectivity index (χ4v) is 4.70. The van der Waals surface area contributed by atoms with Crippen LogP contribution in [0.3, 0.4) is 0 Å². The second-order valence-corrected chi connectivity index (χ2v) is 8.56. The Bertz CT molecular complexity index is 1250. The molecule has 2 heterocycles. The molecule has 0 aliphatic carbocycles. The number of ether oxygens (including phenoxy) is 2. The van der Waals surface area contributed by atoms with Crippen LogP contribution in [-0.4, -0.2) is 30.1 Å². The normalized spacial score (nSPS) is 10.9. The molecular formula is C25H25N3O3S. The molecule has 0 aliphatic rings. The van der Waals surface area contributed by atoms with E-state index in [4.69, 9.17) is 14.5 Å². The fourth-order valence-electron chi connectivity index (χ4n) is 3.64. The summed E-state index contributed by atoms with van der Waals surface area (Å²) in [4.78, 5) is 24.3. The number of anilines is 1. The zero-order valence-corrected chi connectivity index (χ0v) is 19.4. The molecule has 2 aromatic carbocycles. The quantitative estimate of drug-likeness (QED) is 0.394. The van der Waals surface area contributed by atoms with Gasteiger partial charge in [0.1, 0.15) is 17.0 Å². The number of hydrogen-bond acceptors (Lipinski definition) is 6. The number of methoxy groups -OCH3 is 2. The molecule has 0 aliphatic heterocycles. The maximum absolute atomic E-state index is 13.5. The van der Waals surface area contributed by atoms with E-state index in [1.807, 2.05) is 56.3 Å². The molecule has 1 amide bonds. The molecule has 0 unspecified atom stereocenters. The van der Waals surface area contributed by atoms with Gasteiger partial charge in [-0.3, -0.25) is 14.7 Å². The second-order valence-electron chi connectivity index (χ2n) is 7.58. The summed E-state index contributed by atoms with van der Waals surface area (Å²) in [6.45, 7) is 4.41. The summed E-state index contributed by atoms with van der Waals surface area (Å²) < 4.78 is 11.9. The number of benzene rings is 2. The molecule has 0 saturated carbocycles. The van der Waals surface area contributed by atoms with Gasteiger partial charge in [-0.1, -0.05) is 35.6 Å². The van der Waals surface area contributed by atoms with Gasteiger partial charge in [0, 0.05) is 12.4 Å². The highest BCUT2D eigenvalue weighted by Gasteiger charge is 2.22. The summed E-state index contributed by atoms with van der Waals surface area (Å²) in [7, 11) is 3.28. The Hall–Kier alpha value is -3.45. The van der Waals surface area contributed by atoms with E-state index >= 15 is 0 Å². The minimum Gasteiger partial charge on any atom is -0.496 e. The average molecular weight is 448 g/mol. The van der Waals surface area contributed by atoms with Crippen molar-refractivity contribution in [2.75, 3.05) is 19.1 Å². The molecule has 0 bridgehead atoms. The number of carbonyl (C=O) groups is 1. The summed E-state index contributed by atoms with van der Waals surface area (Å²) in [5.41, 5.74) is 4.74. The number of nitrogens with zero attached hydrogens (tertiary/aromatic N) is 3. The van der Waals surface area contributed by atoms with E-state index < -0.39 is 0 Å². The van der Waals surface area contributed by atoms with E-state index in [1.54, 1.807) is 31.5 Å². The molecule has 4 rings (SSSR count). The third-order valence-corrected chi connectivity index (χ3v) is 6.54. The maximum atomic E-state index is 13.5. The number of fused-ring (bicyclic) bond motifs is 1. The Kier molecular flexibility index (Phi) is 6.37. The van der Waals surface area contributed by atoms with Crippen LogP contribution in [0.15, 0.2) is 54.9 Å². The molecule has 0 spiro atoms. The Morgan fingerprint density at radius 3 is 2.47 bits per heavy atom. The first-order valence-electron chi connectivity index (χ1n) is 10.3. The number of carbonyl (C=O) groups excluding carboxylic acids is 1. The van der Waals surface area contributed by atoms with Crippen molar-refractivity contribution in [2.45, 2.75) is 26.8 Å². The van der Waals surface area contributed by atoms with Crippen molar-refractivity contribution in [2.24, 2.45) is 0 Å². The molecule has 6 nitrogen and oxygen atoms in total. The highest BCUT2D eigenvalue weighted by Crippen LogP contribution is 2.37. The first-order valence-corrected chi connectivity index (χ1v) is 11.1. The summed E-state index contributed by atoms with van der Waals surface area (Å²) in [5, 5.41) is 0.645. The van der Waals surface area contributed by atoms with Crippen LogP contribution in [0.25, 0.3) is 10.2 Å². The lowest BCUT2D eigenvalue weighted by molar-refractivity contribution is -0.118. The molecule has 0 N–H and O–H groups in total. The minimum absolute atomic E-state index is 0.0332. The average Bonchev–Trinajstić information content (AvgIpc) is 3.24. The molecule has 0 radical (unpaired) electrons. The third-order valence-electron chi connectivity index (χ3n) is 5.32. The summed E-state index contributed by atoms with van der Waals surface area (Å²) >= 11 is 1.50. The van der Waals surface area contributed by atoms with Gasteiger partial charge >= 0.3 is 0 Å². The third kappa shape index (κ3) is 4.43. The minimum atomic E-state index is -0.0332. The summed E-state index contributed by atoms with van der Waals surface area (Å²) in [6.07, 6.45) is 3.76.